The van der Waals surface area contributed by atoms with Crippen molar-refractivity contribution < 1.29 is 4.79 Å². The van der Waals surface area contributed by atoms with Gasteiger partial charge in [-0.15, -0.1) is 10.2 Å². The SMILES string of the molecule is NC(=O)c1ccc(NC(c2cccc(Cl)c2)C2CCCCC2)nn1. The molecule has 3 N–H and O–H groups in total. The number of halogens is 1. The van der Waals surface area contributed by atoms with E-state index in [1.54, 1.807) is 12.1 Å². The van der Waals surface area contributed by atoms with Gasteiger partial charge >= 0.3 is 0 Å². The molecule has 1 amide bonds. The zero-order valence-corrected chi connectivity index (χ0v) is 14.2. The molecule has 24 heavy (non-hydrogen) atoms. The van der Waals surface area contributed by atoms with Gasteiger partial charge in [0.15, 0.2) is 5.69 Å². The number of carbonyl (C=O) groups is 1. The lowest BCUT2D eigenvalue weighted by Gasteiger charge is -2.31. The van der Waals surface area contributed by atoms with E-state index in [0.717, 1.165) is 10.6 Å². The molecule has 1 fully saturated rings. The number of rotatable bonds is 5. The number of anilines is 1. The first-order valence-electron chi connectivity index (χ1n) is 8.29. The standard InChI is InChI=1S/C18H21ClN4O/c19-14-8-4-7-13(11-14)17(12-5-2-1-3-6-12)21-16-10-9-15(18(20)24)22-23-16/h4,7-12,17H,1-3,5-6H2,(H2,20,24)(H,21,23). The van der Waals surface area contributed by atoms with Gasteiger partial charge in [-0.1, -0.05) is 43.0 Å². The van der Waals surface area contributed by atoms with Crippen molar-refractivity contribution in [2.24, 2.45) is 11.7 Å². The van der Waals surface area contributed by atoms with Gasteiger partial charge in [0.2, 0.25) is 0 Å². The average Bonchev–Trinajstić information content (AvgIpc) is 2.61. The van der Waals surface area contributed by atoms with Crippen molar-refractivity contribution in [1.82, 2.24) is 10.2 Å². The Morgan fingerprint density at radius 1 is 1.17 bits per heavy atom. The number of amides is 1. The summed E-state index contributed by atoms with van der Waals surface area (Å²) < 4.78 is 0. The minimum Gasteiger partial charge on any atom is -0.364 e. The molecular weight excluding hydrogens is 324 g/mol. The first kappa shape index (κ1) is 16.7. The van der Waals surface area contributed by atoms with Gasteiger partial charge in [-0.3, -0.25) is 4.79 Å². The molecule has 1 unspecified atom stereocenters. The molecule has 6 heteroatoms. The third-order valence-electron chi connectivity index (χ3n) is 4.55. The largest absolute Gasteiger partial charge is 0.364 e. The quantitative estimate of drug-likeness (QED) is 0.860. The fraction of sp³-hybridized carbons (Fsp3) is 0.389. The molecule has 1 heterocycles. The maximum Gasteiger partial charge on any atom is 0.269 e. The third-order valence-corrected chi connectivity index (χ3v) is 4.78. The second-order valence-electron chi connectivity index (χ2n) is 6.24. The number of hydrogen-bond donors (Lipinski definition) is 2. The van der Waals surface area contributed by atoms with Gasteiger partial charge in [0, 0.05) is 5.02 Å². The molecule has 0 saturated heterocycles. The Balaban J connectivity index is 1.85. The molecule has 5 nitrogen and oxygen atoms in total. The Labute approximate surface area is 146 Å². The smallest absolute Gasteiger partial charge is 0.269 e. The number of hydrogen-bond acceptors (Lipinski definition) is 4. The van der Waals surface area contributed by atoms with Crippen molar-refractivity contribution in [1.29, 1.82) is 0 Å². The molecule has 126 valence electrons. The van der Waals surface area contributed by atoms with Gasteiger partial charge in [-0.25, -0.2) is 0 Å². The summed E-state index contributed by atoms with van der Waals surface area (Å²) in [5.74, 6) is 0.582. The molecule has 0 bridgehead atoms. The van der Waals surface area contributed by atoms with E-state index in [4.69, 9.17) is 17.3 Å². The van der Waals surface area contributed by atoms with E-state index in [1.165, 1.54) is 32.1 Å². The predicted molar refractivity (Wildman–Crippen MR) is 94.9 cm³/mol. The van der Waals surface area contributed by atoms with Crippen LogP contribution in [0.4, 0.5) is 5.82 Å². The van der Waals surface area contributed by atoms with Crippen LogP contribution in [0.15, 0.2) is 36.4 Å². The van der Waals surface area contributed by atoms with Gasteiger partial charge < -0.3 is 11.1 Å². The van der Waals surface area contributed by atoms with Crippen LogP contribution in [0.2, 0.25) is 5.02 Å². The topological polar surface area (TPSA) is 80.9 Å². The van der Waals surface area contributed by atoms with Crippen LogP contribution in [-0.4, -0.2) is 16.1 Å². The Morgan fingerprint density at radius 2 is 1.96 bits per heavy atom. The summed E-state index contributed by atoms with van der Waals surface area (Å²) in [6, 6.07) is 11.4. The van der Waals surface area contributed by atoms with E-state index in [9.17, 15) is 4.79 Å². The molecule has 1 aromatic heterocycles. The lowest BCUT2D eigenvalue weighted by molar-refractivity contribution is 0.0994. The van der Waals surface area contributed by atoms with Crippen molar-refractivity contribution in [2.75, 3.05) is 5.32 Å². The summed E-state index contributed by atoms with van der Waals surface area (Å²) in [6.07, 6.45) is 6.14. The predicted octanol–water partition coefficient (Wildman–Crippen LogP) is 3.96. The van der Waals surface area contributed by atoms with Crippen molar-refractivity contribution in [3.63, 3.8) is 0 Å². The van der Waals surface area contributed by atoms with E-state index in [-0.39, 0.29) is 11.7 Å². The molecule has 0 aliphatic heterocycles. The highest BCUT2D eigenvalue weighted by Gasteiger charge is 2.25. The molecule has 1 aromatic carbocycles. The minimum absolute atomic E-state index is 0.123. The van der Waals surface area contributed by atoms with Crippen LogP contribution in [0.5, 0.6) is 0 Å². The summed E-state index contributed by atoms with van der Waals surface area (Å²) in [5, 5.41) is 12.2. The highest BCUT2D eigenvalue weighted by molar-refractivity contribution is 6.30. The summed E-state index contributed by atoms with van der Waals surface area (Å²) in [5.41, 5.74) is 6.53. The highest BCUT2D eigenvalue weighted by Crippen LogP contribution is 2.37. The second kappa shape index (κ2) is 7.62. The second-order valence-corrected chi connectivity index (χ2v) is 6.68. The van der Waals surface area contributed by atoms with Crippen LogP contribution in [0.3, 0.4) is 0 Å². The molecule has 1 saturated carbocycles. The van der Waals surface area contributed by atoms with Crippen molar-refractivity contribution >= 4 is 23.3 Å². The van der Waals surface area contributed by atoms with Crippen molar-refractivity contribution in [2.45, 2.75) is 38.1 Å². The van der Waals surface area contributed by atoms with E-state index in [1.807, 2.05) is 18.2 Å². The van der Waals surface area contributed by atoms with Crippen LogP contribution in [0, 0.1) is 5.92 Å². The Kier molecular flexibility index (Phi) is 5.30. The molecule has 0 radical (unpaired) electrons. The Bertz CT molecular complexity index is 698. The molecule has 1 atom stereocenters. The Morgan fingerprint density at radius 3 is 2.58 bits per heavy atom. The van der Waals surface area contributed by atoms with Crippen LogP contribution in [0.1, 0.15) is 54.2 Å². The number of carbonyl (C=O) groups excluding carboxylic acids is 1. The minimum atomic E-state index is -0.576. The maximum atomic E-state index is 11.1. The lowest BCUT2D eigenvalue weighted by Crippen LogP contribution is -2.24. The van der Waals surface area contributed by atoms with Crippen LogP contribution >= 0.6 is 11.6 Å². The first-order valence-corrected chi connectivity index (χ1v) is 8.67. The highest BCUT2D eigenvalue weighted by atomic mass is 35.5. The van der Waals surface area contributed by atoms with E-state index >= 15 is 0 Å². The van der Waals surface area contributed by atoms with Crippen molar-refractivity contribution in [3.05, 3.63) is 52.7 Å². The van der Waals surface area contributed by atoms with Gasteiger partial charge in [0.05, 0.1) is 6.04 Å². The molecular formula is C18H21ClN4O. The summed E-state index contributed by atoms with van der Waals surface area (Å²) in [7, 11) is 0. The zero-order valence-electron chi connectivity index (χ0n) is 13.4. The van der Waals surface area contributed by atoms with E-state index in [0.29, 0.717) is 11.7 Å². The van der Waals surface area contributed by atoms with Crippen LogP contribution in [0.25, 0.3) is 0 Å². The van der Waals surface area contributed by atoms with E-state index in [2.05, 4.69) is 21.6 Å². The van der Waals surface area contributed by atoms with Crippen LogP contribution in [-0.2, 0) is 0 Å². The van der Waals surface area contributed by atoms with Gasteiger partial charge in [-0.2, -0.15) is 0 Å². The third kappa shape index (κ3) is 4.03. The summed E-state index contributed by atoms with van der Waals surface area (Å²) in [4.78, 5) is 11.1. The van der Waals surface area contributed by atoms with Gasteiger partial charge in [0.1, 0.15) is 5.82 Å². The zero-order chi connectivity index (χ0) is 16.9. The van der Waals surface area contributed by atoms with E-state index < -0.39 is 5.91 Å². The van der Waals surface area contributed by atoms with Gasteiger partial charge in [-0.05, 0) is 48.6 Å². The number of aromatic nitrogens is 2. The normalized spacial score (nSPS) is 16.5. The molecule has 0 spiro atoms. The van der Waals surface area contributed by atoms with Crippen molar-refractivity contribution in [3.8, 4) is 0 Å². The fourth-order valence-electron chi connectivity index (χ4n) is 3.34. The molecule has 1 aliphatic carbocycles. The number of nitrogens with one attached hydrogen (secondary N) is 1. The number of benzene rings is 1. The first-order chi connectivity index (χ1) is 11.6. The van der Waals surface area contributed by atoms with Crippen LogP contribution < -0.4 is 11.1 Å². The average molecular weight is 345 g/mol. The molecule has 1 aliphatic rings. The number of nitrogens with two attached hydrogens (primary N) is 1. The van der Waals surface area contributed by atoms with Gasteiger partial charge in [0.25, 0.3) is 5.91 Å². The summed E-state index contributed by atoms with van der Waals surface area (Å²) >= 11 is 6.18. The fourth-order valence-corrected chi connectivity index (χ4v) is 3.54. The number of nitrogens with zero attached hydrogens (tertiary/aromatic N) is 2. The monoisotopic (exact) mass is 344 g/mol. The summed E-state index contributed by atoms with van der Waals surface area (Å²) in [6.45, 7) is 0. The molecule has 3 rings (SSSR count). The Hall–Kier alpha value is -2.14. The number of primary amides is 1. The maximum absolute atomic E-state index is 11.1. The lowest BCUT2D eigenvalue weighted by atomic mass is 9.81. The molecule has 2 aromatic rings.